The first-order valence-corrected chi connectivity index (χ1v) is 13.7. The summed E-state index contributed by atoms with van der Waals surface area (Å²) in [5.74, 6) is 0. The number of pyridine rings is 1. The molecule has 3 aromatic rings. The minimum absolute atomic E-state index is 0.347. The van der Waals surface area contributed by atoms with E-state index in [1.165, 1.54) is 5.69 Å². The number of hydrogen-bond acceptors (Lipinski definition) is 4. The normalized spacial score (nSPS) is 20.0. The first kappa shape index (κ1) is 28.2. The Balaban J connectivity index is 0.000000261. The Kier molecular flexibility index (Phi) is 9.55. The summed E-state index contributed by atoms with van der Waals surface area (Å²) in [5.41, 5.74) is 4.95. The van der Waals surface area contributed by atoms with Gasteiger partial charge in [0, 0.05) is 60.6 Å². The molecule has 2 aliphatic heterocycles. The third-order valence-corrected chi connectivity index (χ3v) is 7.71. The maximum absolute atomic E-state index is 11.4. The molecular weight excluding hydrogens is 541 g/mol. The van der Waals surface area contributed by atoms with Gasteiger partial charge in [0.25, 0.3) is 0 Å². The summed E-state index contributed by atoms with van der Waals surface area (Å²) in [6.45, 7) is 7.97. The summed E-state index contributed by atoms with van der Waals surface area (Å²) in [5, 5.41) is 4.81. The van der Waals surface area contributed by atoms with Crippen LogP contribution in [0.1, 0.15) is 25.5 Å². The van der Waals surface area contributed by atoms with Gasteiger partial charge >= 0.3 is 0 Å². The molecule has 2 bridgehead atoms. The van der Waals surface area contributed by atoms with Gasteiger partial charge in [-0.05, 0) is 50.1 Å². The van der Waals surface area contributed by atoms with Crippen LogP contribution < -0.4 is 5.32 Å². The van der Waals surface area contributed by atoms with Crippen LogP contribution in [0.3, 0.4) is 0 Å². The van der Waals surface area contributed by atoms with Crippen LogP contribution in [0.2, 0.25) is 5.02 Å². The second-order valence-electron chi connectivity index (χ2n) is 9.38. The van der Waals surface area contributed by atoms with Crippen molar-refractivity contribution in [1.82, 2.24) is 24.5 Å². The third-order valence-electron chi connectivity index (χ3n) is 6.95. The molecule has 0 aliphatic carbocycles. The van der Waals surface area contributed by atoms with Crippen molar-refractivity contribution >= 4 is 46.9 Å². The van der Waals surface area contributed by atoms with E-state index in [9.17, 15) is 4.79 Å². The molecule has 2 fully saturated rings. The number of benzene rings is 1. The lowest BCUT2D eigenvalue weighted by atomic mass is 10.1. The fourth-order valence-corrected chi connectivity index (χ4v) is 5.91. The number of nitrogens with zero attached hydrogens (tertiary/aromatic N) is 4. The van der Waals surface area contributed by atoms with Crippen LogP contribution in [0, 0.1) is 0 Å². The standard InChI is InChI=1S/C21H21ClN4O.C8H11Cl2N/c22-16-6-4-15(5-7-16)21-19(25-10-2-1-3-20(25)23-21)13-24-11-17-8-9-18(12-24)26(17)14-27;1-4-5-7(10)8(11-3)6(2)9/h1-7,10,14,17-18H,8-9,11-13H2;4-5,11H,1H2,2-3H3/b;7-5+,8-6-. The van der Waals surface area contributed by atoms with Crippen LogP contribution in [0.5, 0.6) is 0 Å². The molecule has 1 amide bonds. The van der Waals surface area contributed by atoms with Gasteiger partial charge in [-0.1, -0.05) is 65.7 Å². The molecule has 38 heavy (non-hydrogen) atoms. The van der Waals surface area contributed by atoms with Gasteiger partial charge in [-0.3, -0.25) is 9.69 Å². The van der Waals surface area contributed by atoms with E-state index in [4.69, 9.17) is 39.8 Å². The van der Waals surface area contributed by atoms with Crippen LogP contribution in [-0.2, 0) is 11.3 Å². The van der Waals surface area contributed by atoms with Gasteiger partial charge in [-0.25, -0.2) is 4.98 Å². The zero-order valence-electron chi connectivity index (χ0n) is 21.6. The molecule has 2 unspecified atom stereocenters. The average molecular weight is 573 g/mol. The van der Waals surface area contributed by atoms with Crippen LogP contribution in [-0.4, -0.2) is 57.8 Å². The molecule has 6 nitrogen and oxygen atoms in total. The topological polar surface area (TPSA) is 52.9 Å². The number of carbonyl (C=O) groups excluding carboxylic acids is 1. The van der Waals surface area contributed by atoms with E-state index in [-0.39, 0.29) is 0 Å². The summed E-state index contributed by atoms with van der Waals surface area (Å²) in [6.07, 6.45) is 8.62. The molecule has 5 rings (SSSR count). The number of aromatic nitrogens is 2. The molecule has 1 N–H and O–H groups in total. The highest BCUT2D eigenvalue weighted by Gasteiger charge is 2.39. The molecule has 1 aromatic carbocycles. The third kappa shape index (κ3) is 6.26. The summed E-state index contributed by atoms with van der Waals surface area (Å²) in [7, 11) is 1.76. The molecular formula is C29H32Cl3N5O. The maximum Gasteiger partial charge on any atom is 0.210 e. The number of hydrogen-bond donors (Lipinski definition) is 1. The van der Waals surface area contributed by atoms with E-state index in [2.05, 4.69) is 27.4 Å². The van der Waals surface area contributed by atoms with Crippen LogP contribution in [0.25, 0.3) is 16.9 Å². The minimum Gasteiger partial charge on any atom is -0.386 e. The smallest absolute Gasteiger partial charge is 0.210 e. The van der Waals surface area contributed by atoms with Crippen molar-refractivity contribution in [2.45, 2.75) is 38.4 Å². The van der Waals surface area contributed by atoms with Crippen LogP contribution in [0.4, 0.5) is 0 Å². The molecule has 0 radical (unpaired) electrons. The van der Waals surface area contributed by atoms with Gasteiger partial charge < -0.3 is 14.6 Å². The summed E-state index contributed by atoms with van der Waals surface area (Å²) >= 11 is 17.6. The van der Waals surface area contributed by atoms with E-state index in [0.717, 1.165) is 66.5 Å². The van der Waals surface area contributed by atoms with Gasteiger partial charge in [0.2, 0.25) is 6.41 Å². The fourth-order valence-electron chi connectivity index (χ4n) is 5.22. The largest absolute Gasteiger partial charge is 0.386 e. The Morgan fingerprint density at radius 1 is 1.13 bits per heavy atom. The Morgan fingerprint density at radius 3 is 2.39 bits per heavy atom. The number of likely N-dealkylation sites (N-methyl/N-ethyl adjacent to an activating group) is 1. The molecule has 2 atom stereocenters. The lowest BCUT2D eigenvalue weighted by Gasteiger charge is -2.39. The Bertz CT molecular complexity index is 1330. The minimum atomic E-state index is 0.347. The second kappa shape index (κ2) is 12.9. The molecule has 2 saturated heterocycles. The fraction of sp³-hybridized carbons (Fsp3) is 0.310. The van der Waals surface area contributed by atoms with Crippen LogP contribution in [0.15, 0.2) is 83.2 Å². The number of amides is 1. The van der Waals surface area contributed by atoms with Gasteiger partial charge in [0.15, 0.2) is 0 Å². The van der Waals surface area contributed by atoms with Gasteiger partial charge in [-0.2, -0.15) is 0 Å². The maximum atomic E-state index is 11.4. The Hall–Kier alpha value is -2.77. The molecule has 0 spiro atoms. The second-order valence-corrected chi connectivity index (χ2v) is 10.8. The van der Waals surface area contributed by atoms with Gasteiger partial charge in [0.1, 0.15) is 5.65 Å². The summed E-state index contributed by atoms with van der Waals surface area (Å²) in [6, 6.07) is 14.7. The number of halogens is 3. The van der Waals surface area contributed by atoms with Crippen molar-refractivity contribution in [2.75, 3.05) is 20.1 Å². The molecule has 9 heteroatoms. The number of likely N-dealkylation sites (tertiary alicyclic amines) is 1. The first-order chi connectivity index (χ1) is 18.4. The van der Waals surface area contributed by atoms with Crippen molar-refractivity contribution in [3.05, 3.63) is 93.9 Å². The number of fused-ring (bicyclic) bond motifs is 3. The van der Waals surface area contributed by atoms with Crippen molar-refractivity contribution in [2.24, 2.45) is 0 Å². The number of carbonyl (C=O) groups is 1. The summed E-state index contributed by atoms with van der Waals surface area (Å²) in [4.78, 5) is 20.7. The number of piperazine rings is 1. The van der Waals surface area contributed by atoms with E-state index in [0.29, 0.717) is 22.1 Å². The summed E-state index contributed by atoms with van der Waals surface area (Å²) < 4.78 is 2.18. The lowest BCUT2D eigenvalue weighted by molar-refractivity contribution is -0.123. The average Bonchev–Trinajstić information content (AvgIpc) is 3.38. The monoisotopic (exact) mass is 571 g/mol. The Morgan fingerprint density at radius 2 is 1.82 bits per heavy atom. The molecule has 0 saturated carbocycles. The number of imidazole rings is 1. The quantitative estimate of drug-likeness (QED) is 0.261. The predicted octanol–water partition coefficient (Wildman–Crippen LogP) is 6.44. The van der Waals surface area contributed by atoms with Gasteiger partial charge in [-0.15, -0.1) is 0 Å². The number of nitrogens with one attached hydrogen (secondary N) is 1. The van der Waals surface area contributed by atoms with Crippen molar-refractivity contribution in [3.8, 4) is 11.3 Å². The Labute approximate surface area is 239 Å². The van der Waals surface area contributed by atoms with Crippen molar-refractivity contribution < 1.29 is 4.79 Å². The predicted molar refractivity (Wildman–Crippen MR) is 157 cm³/mol. The molecule has 2 aromatic heterocycles. The highest BCUT2D eigenvalue weighted by molar-refractivity contribution is 6.35. The SMILES string of the molecule is C=C/C=C(Cl)\C(NC)=C(/C)Cl.O=CN1C2CCC1CN(Cc1c(-c3ccc(Cl)cc3)nc3ccccn13)C2. The van der Waals surface area contributed by atoms with Crippen LogP contribution >= 0.6 is 34.8 Å². The van der Waals surface area contributed by atoms with E-state index in [1.54, 1.807) is 26.1 Å². The zero-order chi connectivity index (χ0) is 27.2. The van der Waals surface area contributed by atoms with E-state index >= 15 is 0 Å². The number of allylic oxidation sites excluding steroid dienone is 4. The van der Waals surface area contributed by atoms with Crippen molar-refractivity contribution in [3.63, 3.8) is 0 Å². The molecule has 200 valence electrons. The van der Waals surface area contributed by atoms with Gasteiger partial charge in [0.05, 0.1) is 22.1 Å². The first-order valence-electron chi connectivity index (χ1n) is 12.6. The van der Waals surface area contributed by atoms with E-state index in [1.807, 2.05) is 47.4 Å². The molecule has 4 heterocycles. The van der Waals surface area contributed by atoms with Crippen molar-refractivity contribution in [1.29, 1.82) is 0 Å². The highest BCUT2D eigenvalue weighted by Crippen LogP contribution is 2.32. The number of rotatable bonds is 7. The lowest BCUT2D eigenvalue weighted by Crippen LogP contribution is -2.52. The van der Waals surface area contributed by atoms with E-state index < -0.39 is 0 Å². The molecule has 2 aliphatic rings. The zero-order valence-corrected chi connectivity index (χ0v) is 23.8. The highest BCUT2D eigenvalue weighted by atomic mass is 35.5.